The third kappa shape index (κ3) is 5.43. The molecule has 1 amide bonds. The van der Waals surface area contributed by atoms with Crippen LogP contribution in [0.25, 0.3) is 0 Å². The normalized spacial score (nSPS) is 11.9. The largest absolute Gasteiger partial charge is 0.383 e. The first-order chi connectivity index (χ1) is 14.2. The van der Waals surface area contributed by atoms with Gasteiger partial charge in [0.15, 0.2) is 15.5 Å². The SMILES string of the molecule is Cc1ccc(S(C)(=O)=O)cc1C(=O)N(CC(C)C)c1c(N)n(CC(C)C)c(=O)[nH]c1=O. The zero-order chi connectivity index (χ0) is 23.7. The summed E-state index contributed by atoms with van der Waals surface area (Å²) in [6, 6.07) is 4.28. The van der Waals surface area contributed by atoms with E-state index in [0.29, 0.717) is 5.56 Å². The van der Waals surface area contributed by atoms with Gasteiger partial charge in [0.05, 0.1) is 4.90 Å². The van der Waals surface area contributed by atoms with E-state index >= 15 is 0 Å². The van der Waals surface area contributed by atoms with E-state index in [1.54, 1.807) is 13.0 Å². The summed E-state index contributed by atoms with van der Waals surface area (Å²) < 4.78 is 25.2. The quantitative estimate of drug-likeness (QED) is 0.660. The van der Waals surface area contributed by atoms with Crippen LogP contribution in [0.3, 0.4) is 0 Å². The van der Waals surface area contributed by atoms with E-state index in [9.17, 15) is 22.8 Å². The van der Waals surface area contributed by atoms with Crippen LogP contribution in [0.15, 0.2) is 32.7 Å². The number of hydrogen-bond acceptors (Lipinski definition) is 6. The zero-order valence-corrected chi connectivity index (χ0v) is 19.5. The van der Waals surface area contributed by atoms with E-state index < -0.39 is 27.0 Å². The Morgan fingerprint density at radius 3 is 2.29 bits per heavy atom. The van der Waals surface area contributed by atoms with Crippen molar-refractivity contribution in [2.45, 2.75) is 46.1 Å². The van der Waals surface area contributed by atoms with Crippen LogP contribution in [0.5, 0.6) is 0 Å². The van der Waals surface area contributed by atoms with Gasteiger partial charge in [0.2, 0.25) is 0 Å². The topological polar surface area (TPSA) is 135 Å². The first-order valence-electron chi connectivity index (χ1n) is 9.99. The molecule has 0 spiro atoms. The molecule has 2 rings (SSSR count). The second kappa shape index (κ2) is 9.09. The summed E-state index contributed by atoms with van der Waals surface area (Å²) in [6.07, 6.45) is 1.06. The van der Waals surface area contributed by atoms with E-state index in [4.69, 9.17) is 5.73 Å². The summed E-state index contributed by atoms with van der Waals surface area (Å²) >= 11 is 0. The van der Waals surface area contributed by atoms with E-state index in [1.807, 2.05) is 27.7 Å². The Bertz CT molecular complexity index is 1210. The van der Waals surface area contributed by atoms with Crippen LogP contribution in [0, 0.1) is 18.8 Å². The summed E-state index contributed by atoms with van der Waals surface area (Å²) in [7, 11) is -3.54. The Balaban J connectivity index is 2.75. The van der Waals surface area contributed by atoms with Crippen LogP contribution in [0.4, 0.5) is 11.5 Å². The molecule has 0 aliphatic heterocycles. The molecule has 0 aliphatic carbocycles. The number of benzene rings is 1. The maximum absolute atomic E-state index is 13.5. The van der Waals surface area contributed by atoms with Crippen molar-refractivity contribution in [3.05, 3.63) is 50.2 Å². The van der Waals surface area contributed by atoms with Crippen molar-refractivity contribution in [2.75, 3.05) is 23.4 Å². The molecule has 1 heterocycles. The number of aromatic amines is 1. The number of aromatic nitrogens is 2. The summed E-state index contributed by atoms with van der Waals surface area (Å²) in [4.78, 5) is 42.0. The van der Waals surface area contributed by atoms with Crippen LogP contribution in [-0.4, -0.2) is 36.7 Å². The molecule has 170 valence electrons. The van der Waals surface area contributed by atoms with Crippen LogP contribution in [0.1, 0.15) is 43.6 Å². The molecule has 1 aromatic heterocycles. The average molecular weight is 451 g/mol. The zero-order valence-electron chi connectivity index (χ0n) is 18.7. The number of sulfone groups is 1. The molecule has 0 aliphatic rings. The minimum Gasteiger partial charge on any atom is -0.383 e. The molecule has 9 nitrogen and oxygen atoms in total. The van der Waals surface area contributed by atoms with E-state index in [-0.39, 0.29) is 46.9 Å². The molecule has 10 heteroatoms. The fourth-order valence-corrected chi connectivity index (χ4v) is 3.88. The second-order valence-electron chi connectivity index (χ2n) is 8.56. The van der Waals surface area contributed by atoms with Gasteiger partial charge in [-0.05, 0) is 36.5 Å². The minimum atomic E-state index is -3.54. The lowest BCUT2D eigenvalue weighted by Crippen LogP contribution is -2.43. The lowest BCUT2D eigenvalue weighted by atomic mass is 10.1. The molecule has 31 heavy (non-hydrogen) atoms. The van der Waals surface area contributed by atoms with Crippen LogP contribution < -0.4 is 21.9 Å². The monoisotopic (exact) mass is 450 g/mol. The Morgan fingerprint density at radius 1 is 1.16 bits per heavy atom. The van der Waals surface area contributed by atoms with Gasteiger partial charge in [-0.25, -0.2) is 13.2 Å². The maximum atomic E-state index is 13.5. The predicted octanol–water partition coefficient (Wildman–Crippen LogP) is 1.79. The van der Waals surface area contributed by atoms with Gasteiger partial charge in [0, 0.05) is 24.9 Å². The van der Waals surface area contributed by atoms with Crippen molar-refractivity contribution in [1.82, 2.24) is 9.55 Å². The van der Waals surface area contributed by atoms with Crippen LogP contribution >= 0.6 is 0 Å². The highest BCUT2D eigenvalue weighted by atomic mass is 32.2. The van der Waals surface area contributed by atoms with E-state index in [2.05, 4.69) is 4.98 Å². The van der Waals surface area contributed by atoms with Gasteiger partial charge < -0.3 is 10.6 Å². The van der Waals surface area contributed by atoms with Gasteiger partial charge in [0.1, 0.15) is 5.82 Å². The van der Waals surface area contributed by atoms with Gasteiger partial charge in [-0.2, -0.15) is 0 Å². The molecule has 0 atom stereocenters. The molecule has 0 saturated carbocycles. The van der Waals surface area contributed by atoms with Gasteiger partial charge in [0.25, 0.3) is 11.5 Å². The number of nitrogens with one attached hydrogen (secondary N) is 1. The van der Waals surface area contributed by atoms with Gasteiger partial charge in [-0.1, -0.05) is 33.8 Å². The van der Waals surface area contributed by atoms with Crippen molar-refractivity contribution >= 4 is 27.2 Å². The number of aryl methyl sites for hydroxylation is 1. The maximum Gasteiger partial charge on any atom is 0.330 e. The molecule has 3 N–H and O–H groups in total. The van der Waals surface area contributed by atoms with Crippen molar-refractivity contribution in [3.63, 3.8) is 0 Å². The molecule has 0 bridgehead atoms. The number of anilines is 2. The Hall–Kier alpha value is -2.88. The van der Waals surface area contributed by atoms with Gasteiger partial charge in [-0.15, -0.1) is 0 Å². The minimum absolute atomic E-state index is 0.00222. The van der Waals surface area contributed by atoms with Gasteiger partial charge in [-0.3, -0.25) is 19.1 Å². The summed E-state index contributed by atoms with van der Waals surface area (Å²) in [5.74, 6) is -0.634. The number of carbonyl (C=O) groups excluding carboxylic acids is 1. The molecule has 0 saturated heterocycles. The first kappa shape index (κ1) is 24.4. The average Bonchev–Trinajstić information content (AvgIpc) is 2.62. The third-order valence-corrected chi connectivity index (χ3v) is 5.80. The molecular formula is C21H30N4O5S. The Labute approximate surface area is 181 Å². The molecular weight excluding hydrogens is 420 g/mol. The Morgan fingerprint density at radius 2 is 1.77 bits per heavy atom. The highest BCUT2D eigenvalue weighted by Crippen LogP contribution is 2.24. The molecule has 0 unspecified atom stereocenters. The highest BCUT2D eigenvalue weighted by molar-refractivity contribution is 7.90. The van der Waals surface area contributed by atoms with E-state index in [0.717, 1.165) is 6.26 Å². The predicted molar refractivity (Wildman–Crippen MR) is 121 cm³/mol. The lowest BCUT2D eigenvalue weighted by molar-refractivity contribution is 0.0982. The fourth-order valence-electron chi connectivity index (χ4n) is 3.23. The van der Waals surface area contributed by atoms with Crippen molar-refractivity contribution < 1.29 is 13.2 Å². The molecule has 0 fully saturated rings. The number of amides is 1. The summed E-state index contributed by atoms with van der Waals surface area (Å²) in [5.41, 5.74) is 5.37. The first-order valence-corrected chi connectivity index (χ1v) is 11.9. The summed E-state index contributed by atoms with van der Waals surface area (Å²) in [6.45, 7) is 9.63. The molecule has 0 radical (unpaired) electrons. The Kier molecular flexibility index (Phi) is 7.15. The number of carbonyl (C=O) groups is 1. The van der Waals surface area contributed by atoms with E-state index in [1.165, 1.54) is 21.6 Å². The van der Waals surface area contributed by atoms with Crippen molar-refractivity contribution in [1.29, 1.82) is 0 Å². The van der Waals surface area contributed by atoms with Crippen molar-refractivity contribution in [3.8, 4) is 0 Å². The third-order valence-electron chi connectivity index (χ3n) is 4.69. The van der Waals surface area contributed by atoms with Crippen LogP contribution in [-0.2, 0) is 16.4 Å². The molecule has 1 aromatic carbocycles. The van der Waals surface area contributed by atoms with Crippen molar-refractivity contribution in [2.24, 2.45) is 11.8 Å². The number of rotatable bonds is 7. The highest BCUT2D eigenvalue weighted by Gasteiger charge is 2.27. The summed E-state index contributed by atoms with van der Waals surface area (Å²) in [5, 5.41) is 0. The van der Waals surface area contributed by atoms with Crippen LogP contribution in [0.2, 0.25) is 0 Å². The number of hydrogen-bond donors (Lipinski definition) is 2. The van der Waals surface area contributed by atoms with Gasteiger partial charge >= 0.3 is 5.69 Å². The standard InChI is InChI=1S/C21H30N4O5S/c1-12(2)10-24(17-18(22)25(11-13(3)4)21(28)23-19(17)26)20(27)16-9-15(31(6,29)30)8-7-14(16)5/h7-9,12-13H,10-11,22H2,1-6H3,(H,23,26,28). The number of nitrogen functional groups attached to an aromatic ring is 1. The molecule has 2 aromatic rings. The second-order valence-corrected chi connectivity index (χ2v) is 10.6. The fraction of sp³-hybridized carbons (Fsp3) is 0.476. The lowest BCUT2D eigenvalue weighted by Gasteiger charge is -2.27. The smallest absolute Gasteiger partial charge is 0.330 e. The number of nitrogens with zero attached hydrogens (tertiary/aromatic N) is 2. The number of nitrogens with two attached hydrogens (primary N) is 1. The number of H-pyrrole nitrogens is 1.